The van der Waals surface area contributed by atoms with Gasteiger partial charge < -0.3 is 0 Å². The van der Waals surface area contributed by atoms with E-state index in [1.807, 2.05) is 24.3 Å². The first-order valence-corrected chi connectivity index (χ1v) is 7.54. The van der Waals surface area contributed by atoms with Crippen LogP contribution in [0, 0.1) is 5.82 Å². The first-order valence-electron chi connectivity index (χ1n) is 4.97. The Hall–Kier alpha value is -0.320. The summed E-state index contributed by atoms with van der Waals surface area (Å²) < 4.78 is 14.6. The zero-order chi connectivity index (χ0) is 12.3. The molecule has 0 nitrogen and oxygen atoms in total. The molecule has 2 aromatic carbocycles. The maximum atomic E-state index is 13.0. The van der Waals surface area contributed by atoms with Gasteiger partial charge in [-0.1, -0.05) is 22.0 Å². The number of hydrogen-bond donors (Lipinski definition) is 0. The normalized spacial score (nSPS) is 10.5. The highest BCUT2D eigenvalue weighted by Crippen LogP contribution is 2.26. The lowest BCUT2D eigenvalue weighted by Crippen LogP contribution is -1.83. The van der Waals surface area contributed by atoms with Gasteiger partial charge in [0.1, 0.15) is 5.82 Å². The Morgan fingerprint density at radius 3 is 2.35 bits per heavy atom. The van der Waals surface area contributed by atoms with E-state index in [2.05, 4.69) is 44.0 Å². The van der Waals surface area contributed by atoms with Crippen molar-refractivity contribution < 1.29 is 4.39 Å². The van der Waals surface area contributed by atoms with E-state index in [-0.39, 0.29) is 5.82 Å². The standard InChI is InChI=1S/C13H9Br2FS/c14-10-2-4-11(5-3-10)17-8-9-1-6-13(16)12(15)7-9/h1-7H,8H2. The minimum absolute atomic E-state index is 0.220. The summed E-state index contributed by atoms with van der Waals surface area (Å²) in [5.74, 6) is 0.614. The van der Waals surface area contributed by atoms with Crippen LogP contribution in [-0.2, 0) is 5.75 Å². The lowest BCUT2D eigenvalue weighted by molar-refractivity contribution is 0.620. The zero-order valence-corrected chi connectivity index (χ0v) is 12.8. The molecule has 0 unspecified atom stereocenters. The van der Waals surface area contributed by atoms with E-state index in [0.29, 0.717) is 4.47 Å². The van der Waals surface area contributed by atoms with Gasteiger partial charge in [-0.2, -0.15) is 0 Å². The van der Waals surface area contributed by atoms with Gasteiger partial charge in [0.15, 0.2) is 0 Å². The molecule has 2 rings (SSSR count). The third-order valence-electron chi connectivity index (χ3n) is 2.20. The monoisotopic (exact) mass is 374 g/mol. The van der Waals surface area contributed by atoms with Gasteiger partial charge in [0.05, 0.1) is 4.47 Å². The Kier molecular flexibility index (Phi) is 4.65. The lowest BCUT2D eigenvalue weighted by atomic mass is 10.2. The maximum Gasteiger partial charge on any atom is 0.137 e. The molecule has 0 spiro atoms. The van der Waals surface area contributed by atoms with Crippen molar-refractivity contribution in [1.82, 2.24) is 0 Å². The number of benzene rings is 2. The Morgan fingerprint density at radius 2 is 1.71 bits per heavy atom. The van der Waals surface area contributed by atoms with E-state index in [4.69, 9.17) is 0 Å². The second-order valence-corrected chi connectivity index (χ2v) is 6.31. The Bertz CT molecular complexity index is 511. The van der Waals surface area contributed by atoms with Crippen LogP contribution in [-0.4, -0.2) is 0 Å². The molecular weight excluding hydrogens is 367 g/mol. The molecule has 88 valence electrons. The third kappa shape index (κ3) is 3.83. The van der Waals surface area contributed by atoms with E-state index in [1.165, 1.54) is 11.0 Å². The molecule has 4 heteroatoms. The molecule has 0 aromatic heterocycles. The maximum absolute atomic E-state index is 13.0. The van der Waals surface area contributed by atoms with Gasteiger partial charge in [0, 0.05) is 15.1 Å². The molecule has 0 bridgehead atoms. The molecule has 0 aliphatic heterocycles. The smallest absolute Gasteiger partial charge is 0.137 e. The van der Waals surface area contributed by atoms with Gasteiger partial charge in [-0.15, -0.1) is 11.8 Å². The summed E-state index contributed by atoms with van der Waals surface area (Å²) in [5, 5.41) is 0. The fourth-order valence-electron chi connectivity index (χ4n) is 1.33. The Morgan fingerprint density at radius 1 is 1.00 bits per heavy atom. The van der Waals surface area contributed by atoms with Crippen LogP contribution in [0.3, 0.4) is 0 Å². The zero-order valence-electron chi connectivity index (χ0n) is 8.79. The SMILES string of the molecule is Fc1ccc(CSc2ccc(Br)cc2)cc1Br. The molecule has 0 saturated carbocycles. The molecule has 0 heterocycles. The fourth-order valence-corrected chi connectivity index (χ4v) is 2.86. The topological polar surface area (TPSA) is 0 Å². The molecule has 0 fully saturated rings. The molecule has 0 radical (unpaired) electrons. The van der Waals surface area contributed by atoms with Gasteiger partial charge in [-0.05, 0) is 57.9 Å². The van der Waals surface area contributed by atoms with E-state index < -0.39 is 0 Å². The van der Waals surface area contributed by atoms with Crippen LogP contribution in [0.15, 0.2) is 56.3 Å². The second-order valence-electron chi connectivity index (χ2n) is 3.49. The molecule has 0 amide bonds. The summed E-state index contributed by atoms with van der Waals surface area (Å²) in [6, 6.07) is 13.3. The second kappa shape index (κ2) is 6.03. The van der Waals surface area contributed by atoms with Crippen LogP contribution in [0.2, 0.25) is 0 Å². The van der Waals surface area contributed by atoms with E-state index in [0.717, 1.165) is 15.8 Å². The minimum Gasteiger partial charge on any atom is -0.206 e. The summed E-state index contributed by atoms with van der Waals surface area (Å²) in [4.78, 5) is 1.20. The van der Waals surface area contributed by atoms with Gasteiger partial charge >= 0.3 is 0 Å². The largest absolute Gasteiger partial charge is 0.206 e. The fraction of sp³-hybridized carbons (Fsp3) is 0.0769. The van der Waals surface area contributed by atoms with Crippen molar-refractivity contribution in [2.24, 2.45) is 0 Å². The highest BCUT2D eigenvalue weighted by Gasteiger charge is 2.01. The Balaban J connectivity index is 2.02. The van der Waals surface area contributed by atoms with Gasteiger partial charge in [0.2, 0.25) is 0 Å². The molecule has 0 saturated heterocycles. The predicted molar refractivity (Wildman–Crippen MR) is 77.8 cm³/mol. The highest BCUT2D eigenvalue weighted by atomic mass is 79.9. The lowest BCUT2D eigenvalue weighted by Gasteiger charge is -2.03. The van der Waals surface area contributed by atoms with Crippen molar-refractivity contribution in [2.75, 3.05) is 0 Å². The molecule has 17 heavy (non-hydrogen) atoms. The number of halogens is 3. The third-order valence-corrected chi connectivity index (χ3v) is 4.42. The van der Waals surface area contributed by atoms with Crippen molar-refractivity contribution in [2.45, 2.75) is 10.6 Å². The summed E-state index contributed by atoms with van der Waals surface area (Å²) in [7, 11) is 0. The first kappa shape index (κ1) is 13.1. The minimum atomic E-state index is -0.220. The molecule has 0 N–H and O–H groups in total. The van der Waals surface area contributed by atoms with Crippen molar-refractivity contribution in [3.8, 4) is 0 Å². The molecular formula is C13H9Br2FS. The predicted octanol–water partition coefficient (Wildman–Crippen LogP) is 5.64. The van der Waals surface area contributed by atoms with Gasteiger partial charge in [-0.3, -0.25) is 0 Å². The van der Waals surface area contributed by atoms with E-state index in [1.54, 1.807) is 11.8 Å². The first-order chi connectivity index (χ1) is 8.15. The van der Waals surface area contributed by atoms with Crippen molar-refractivity contribution in [3.63, 3.8) is 0 Å². The number of thioether (sulfide) groups is 1. The van der Waals surface area contributed by atoms with Crippen LogP contribution in [0.25, 0.3) is 0 Å². The number of rotatable bonds is 3. The molecule has 0 aliphatic carbocycles. The summed E-state index contributed by atoms with van der Waals surface area (Å²) in [6.07, 6.45) is 0. The average molecular weight is 376 g/mol. The van der Waals surface area contributed by atoms with Crippen LogP contribution in [0.5, 0.6) is 0 Å². The summed E-state index contributed by atoms with van der Waals surface area (Å²) in [6.45, 7) is 0. The van der Waals surface area contributed by atoms with E-state index in [9.17, 15) is 4.39 Å². The van der Waals surface area contributed by atoms with Gasteiger partial charge in [0.25, 0.3) is 0 Å². The van der Waals surface area contributed by atoms with Crippen LogP contribution in [0.1, 0.15) is 5.56 Å². The van der Waals surface area contributed by atoms with E-state index >= 15 is 0 Å². The van der Waals surface area contributed by atoms with Crippen molar-refractivity contribution >= 4 is 43.6 Å². The molecule has 0 aliphatic rings. The summed E-state index contributed by atoms with van der Waals surface area (Å²) >= 11 is 8.33. The number of hydrogen-bond acceptors (Lipinski definition) is 1. The molecule has 0 atom stereocenters. The van der Waals surface area contributed by atoms with Crippen LogP contribution < -0.4 is 0 Å². The van der Waals surface area contributed by atoms with Crippen molar-refractivity contribution in [3.05, 3.63) is 62.8 Å². The van der Waals surface area contributed by atoms with Crippen LogP contribution in [0.4, 0.5) is 4.39 Å². The Labute approximate surface area is 121 Å². The van der Waals surface area contributed by atoms with Crippen molar-refractivity contribution in [1.29, 1.82) is 0 Å². The summed E-state index contributed by atoms with van der Waals surface area (Å²) in [5.41, 5.74) is 1.10. The molecule has 2 aromatic rings. The average Bonchev–Trinajstić information content (AvgIpc) is 2.33. The van der Waals surface area contributed by atoms with Crippen LogP contribution >= 0.6 is 43.6 Å². The van der Waals surface area contributed by atoms with Gasteiger partial charge in [-0.25, -0.2) is 4.39 Å². The highest BCUT2D eigenvalue weighted by molar-refractivity contribution is 9.10. The quantitative estimate of drug-likeness (QED) is 0.625.